The fraction of sp³-hybridized carbons (Fsp3) is 0.261. The molecule has 31 heavy (non-hydrogen) atoms. The fourth-order valence-corrected chi connectivity index (χ4v) is 4.02. The van der Waals surface area contributed by atoms with E-state index in [1.807, 2.05) is 42.5 Å². The number of para-hydroxylation sites is 1. The molecule has 1 aliphatic rings. The summed E-state index contributed by atoms with van der Waals surface area (Å²) < 4.78 is 1.58. The van der Waals surface area contributed by atoms with E-state index in [4.69, 9.17) is 17.3 Å². The Morgan fingerprint density at radius 3 is 2.68 bits per heavy atom. The fourth-order valence-electron chi connectivity index (χ4n) is 3.80. The number of benzene rings is 2. The molecule has 1 saturated heterocycles. The molecule has 0 saturated carbocycles. The zero-order valence-corrected chi connectivity index (χ0v) is 17.8. The standard InChI is InChI=1S/C23H24ClN5O2/c24-20-5-1-2-6-21(20)29-15-18(12-26-29)23(31)27-19-9-7-16(8-10-19)13-28-11-3-4-17(14-28)22(25)30/h1-2,5-10,12,15,17H,3-4,11,13-14H2,(H2,25,30)(H,27,31). The Balaban J connectivity index is 1.36. The molecule has 1 aliphatic heterocycles. The largest absolute Gasteiger partial charge is 0.369 e. The van der Waals surface area contributed by atoms with Gasteiger partial charge >= 0.3 is 0 Å². The number of primary amides is 1. The van der Waals surface area contributed by atoms with Gasteiger partial charge in [0.05, 0.1) is 28.4 Å². The minimum atomic E-state index is -0.244. The van der Waals surface area contributed by atoms with Crippen molar-refractivity contribution < 1.29 is 9.59 Å². The van der Waals surface area contributed by atoms with Crippen LogP contribution in [0.2, 0.25) is 5.02 Å². The van der Waals surface area contributed by atoms with Crippen LogP contribution in [0.3, 0.4) is 0 Å². The minimum Gasteiger partial charge on any atom is -0.369 e. The summed E-state index contributed by atoms with van der Waals surface area (Å²) in [4.78, 5) is 26.3. The van der Waals surface area contributed by atoms with Crippen LogP contribution >= 0.6 is 11.6 Å². The molecule has 1 fully saturated rings. The molecule has 0 aliphatic carbocycles. The summed E-state index contributed by atoms with van der Waals surface area (Å²) in [5.41, 5.74) is 8.43. The molecule has 2 heterocycles. The highest BCUT2D eigenvalue weighted by molar-refractivity contribution is 6.32. The highest BCUT2D eigenvalue weighted by atomic mass is 35.5. The van der Waals surface area contributed by atoms with E-state index in [0.29, 0.717) is 28.5 Å². The lowest BCUT2D eigenvalue weighted by Crippen LogP contribution is -2.40. The van der Waals surface area contributed by atoms with E-state index in [1.54, 1.807) is 16.9 Å². The summed E-state index contributed by atoms with van der Waals surface area (Å²) >= 11 is 6.20. The van der Waals surface area contributed by atoms with Gasteiger partial charge in [0.15, 0.2) is 0 Å². The molecular weight excluding hydrogens is 414 g/mol. The van der Waals surface area contributed by atoms with Crippen LogP contribution in [0, 0.1) is 5.92 Å². The third-order valence-corrected chi connectivity index (χ3v) is 5.79. The zero-order valence-electron chi connectivity index (χ0n) is 17.0. The van der Waals surface area contributed by atoms with Crippen molar-refractivity contribution in [1.82, 2.24) is 14.7 Å². The average Bonchev–Trinajstić information content (AvgIpc) is 3.26. The number of nitrogens with one attached hydrogen (secondary N) is 1. The Labute approximate surface area is 185 Å². The highest BCUT2D eigenvalue weighted by Gasteiger charge is 2.23. The van der Waals surface area contributed by atoms with Crippen LogP contribution < -0.4 is 11.1 Å². The number of aromatic nitrogens is 2. The number of nitrogens with zero attached hydrogens (tertiary/aromatic N) is 3. The summed E-state index contributed by atoms with van der Waals surface area (Å²) in [5, 5.41) is 7.69. The molecule has 1 aromatic heterocycles. The Kier molecular flexibility index (Phi) is 6.34. The molecule has 2 aromatic carbocycles. The molecule has 8 heteroatoms. The van der Waals surface area contributed by atoms with E-state index >= 15 is 0 Å². The van der Waals surface area contributed by atoms with E-state index in [2.05, 4.69) is 15.3 Å². The van der Waals surface area contributed by atoms with Crippen LogP contribution in [-0.2, 0) is 11.3 Å². The lowest BCUT2D eigenvalue weighted by molar-refractivity contribution is -0.123. The van der Waals surface area contributed by atoms with Crippen molar-refractivity contribution in [2.75, 3.05) is 18.4 Å². The van der Waals surface area contributed by atoms with Crippen LogP contribution in [0.4, 0.5) is 5.69 Å². The van der Waals surface area contributed by atoms with E-state index < -0.39 is 0 Å². The second-order valence-electron chi connectivity index (χ2n) is 7.75. The van der Waals surface area contributed by atoms with Crippen LogP contribution in [0.25, 0.3) is 5.69 Å². The van der Waals surface area contributed by atoms with Gasteiger partial charge in [0.1, 0.15) is 0 Å². The van der Waals surface area contributed by atoms with Crippen molar-refractivity contribution in [1.29, 1.82) is 0 Å². The maximum absolute atomic E-state index is 12.6. The van der Waals surface area contributed by atoms with Crippen molar-refractivity contribution in [3.05, 3.63) is 77.1 Å². The number of hydrogen-bond donors (Lipinski definition) is 2. The first kappa shape index (κ1) is 21.1. The van der Waals surface area contributed by atoms with Gasteiger partial charge in [-0.1, -0.05) is 35.9 Å². The van der Waals surface area contributed by atoms with E-state index in [-0.39, 0.29) is 17.7 Å². The number of amides is 2. The lowest BCUT2D eigenvalue weighted by Gasteiger charge is -2.31. The number of halogens is 1. The van der Waals surface area contributed by atoms with E-state index in [0.717, 1.165) is 31.5 Å². The molecule has 0 radical (unpaired) electrons. The molecule has 0 bridgehead atoms. The van der Waals surface area contributed by atoms with Crippen molar-refractivity contribution in [2.24, 2.45) is 11.7 Å². The molecule has 2 amide bonds. The maximum atomic E-state index is 12.6. The first-order valence-electron chi connectivity index (χ1n) is 10.2. The summed E-state index contributed by atoms with van der Waals surface area (Å²) in [6.45, 7) is 2.41. The Bertz CT molecular complexity index is 1080. The third kappa shape index (κ3) is 5.13. The molecule has 3 aromatic rings. The summed E-state index contributed by atoms with van der Waals surface area (Å²) in [5.74, 6) is -0.536. The molecule has 1 atom stereocenters. The number of nitrogens with two attached hydrogens (primary N) is 1. The topological polar surface area (TPSA) is 93.2 Å². The van der Waals surface area contributed by atoms with E-state index in [1.165, 1.54) is 6.20 Å². The van der Waals surface area contributed by atoms with Gasteiger partial charge in [0.25, 0.3) is 5.91 Å². The lowest BCUT2D eigenvalue weighted by atomic mass is 9.97. The second kappa shape index (κ2) is 9.32. The minimum absolute atomic E-state index is 0.0704. The number of anilines is 1. The van der Waals surface area contributed by atoms with Gasteiger partial charge in [-0.25, -0.2) is 4.68 Å². The summed E-state index contributed by atoms with van der Waals surface area (Å²) in [6, 6.07) is 15.0. The first-order valence-corrected chi connectivity index (χ1v) is 10.6. The summed E-state index contributed by atoms with van der Waals surface area (Å²) in [7, 11) is 0. The SMILES string of the molecule is NC(=O)C1CCCN(Cc2ccc(NC(=O)c3cnn(-c4ccccc4Cl)c3)cc2)C1. The number of rotatable bonds is 6. The predicted octanol–water partition coefficient (Wildman–Crippen LogP) is 3.48. The maximum Gasteiger partial charge on any atom is 0.258 e. The molecule has 160 valence electrons. The number of carbonyl (C=O) groups is 2. The predicted molar refractivity (Wildman–Crippen MR) is 120 cm³/mol. The van der Waals surface area contributed by atoms with Gasteiger partial charge < -0.3 is 11.1 Å². The summed E-state index contributed by atoms with van der Waals surface area (Å²) in [6.07, 6.45) is 5.00. The van der Waals surface area contributed by atoms with Crippen molar-refractivity contribution in [2.45, 2.75) is 19.4 Å². The van der Waals surface area contributed by atoms with Gasteiger partial charge in [-0.05, 0) is 49.2 Å². The first-order chi connectivity index (χ1) is 15.0. The van der Waals surface area contributed by atoms with Crippen LogP contribution in [-0.4, -0.2) is 39.6 Å². The quantitative estimate of drug-likeness (QED) is 0.617. The Hall–Kier alpha value is -3.16. The molecule has 1 unspecified atom stereocenters. The normalized spacial score (nSPS) is 16.7. The second-order valence-corrected chi connectivity index (χ2v) is 8.16. The van der Waals surface area contributed by atoms with Gasteiger partial charge in [0, 0.05) is 25.0 Å². The number of likely N-dealkylation sites (tertiary alicyclic amines) is 1. The number of hydrogen-bond acceptors (Lipinski definition) is 4. The van der Waals surface area contributed by atoms with Crippen LogP contribution in [0.5, 0.6) is 0 Å². The number of carbonyl (C=O) groups excluding carboxylic acids is 2. The monoisotopic (exact) mass is 437 g/mol. The smallest absolute Gasteiger partial charge is 0.258 e. The van der Waals surface area contributed by atoms with Gasteiger partial charge in [-0.3, -0.25) is 14.5 Å². The molecule has 3 N–H and O–H groups in total. The van der Waals surface area contributed by atoms with E-state index in [9.17, 15) is 9.59 Å². The van der Waals surface area contributed by atoms with Crippen molar-refractivity contribution in [3.63, 3.8) is 0 Å². The molecule has 7 nitrogen and oxygen atoms in total. The van der Waals surface area contributed by atoms with Crippen LogP contribution in [0.15, 0.2) is 60.9 Å². The zero-order chi connectivity index (χ0) is 21.8. The molecule has 4 rings (SSSR count). The molecule has 0 spiro atoms. The van der Waals surface area contributed by atoms with Crippen LogP contribution in [0.1, 0.15) is 28.8 Å². The Morgan fingerprint density at radius 1 is 1.16 bits per heavy atom. The van der Waals surface area contributed by atoms with Crippen molar-refractivity contribution >= 4 is 29.1 Å². The molecular formula is C23H24ClN5O2. The average molecular weight is 438 g/mol. The number of piperidine rings is 1. The van der Waals surface area contributed by atoms with Gasteiger partial charge in [-0.15, -0.1) is 0 Å². The van der Waals surface area contributed by atoms with Gasteiger partial charge in [-0.2, -0.15) is 5.10 Å². The highest BCUT2D eigenvalue weighted by Crippen LogP contribution is 2.21. The van der Waals surface area contributed by atoms with Crippen molar-refractivity contribution in [3.8, 4) is 5.69 Å². The Morgan fingerprint density at radius 2 is 1.94 bits per heavy atom. The van der Waals surface area contributed by atoms with Gasteiger partial charge in [0.2, 0.25) is 5.91 Å². The third-order valence-electron chi connectivity index (χ3n) is 5.47.